The van der Waals surface area contributed by atoms with Gasteiger partial charge in [-0.15, -0.1) is 5.73 Å². The lowest BCUT2D eigenvalue weighted by atomic mass is 9.94. The molecule has 1 atom stereocenters. The second kappa shape index (κ2) is 5.05. The number of hydrogen-bond acceptors (Lipinski definition) is 1. The highest BCUT2D eigenvalue weighted by atomic mass is 16.3. The molecule has 0 spiro atoms. The van der Waals surface area contributed by atoms with Crippen LogP contribution in [0.2, 0.25) is 0 Å². The van der Waals surface area contributed by atoms with Gasteiger partial charge in [0.1, 0.15) is 5.60 Å². The summed E-state index contributed by atoms with van der Waals surface area (Å²) in [5.74, 6) is 0. The third-order valence-corrected chi connectivity index (χ3v) is 2.96. The second-order valence-electron chi connectivity index (χ2n) is 4.44. The van der Waals surface area contributed by atoms with E-state index in [1.54, 1.807) is 13.0 Å². The zero-order chi connectivity index (χ0) is 13.0. The summed E-state index contributed by atoms with van der Waals surface area (Å²) in [6, 6.07) is 18.0. The van der Waals surface area contributed by atoms with Gasteiger partial charge >= 0.3 is 0 Å². The topological polar surface area (TPSA) is 20.2 Å². The van der Waals surface area contributed by atoms with E-state index in [2.05, 4.69) is 24.4 Å². The zero-order valence-corrected chi connectivity index (χ0v) is 10.4. The third kappa shape index (κ3) is 2.60. The normalized spacial score (nSPS) is 13.4. The SMILES string of the molecule is C=C=C[C@](C)(O)c1ccc(-c2ccccc2)cc1. The first-order chi connectivity index (χ1) is 8.63. The number of aliphatic hydroxyl groups is 1. The quantitative estimate of drug-likeness (QED) is 0.801. The first-order valence-corrected chi connectivity index (χ1v) is 5.89. The van der Waals surface area contributed by atoms with Gasteiger partial charge in [0.25, 0.3) is 0 Å². The average molecular weight is 236 g/mol. The van der Waals surface area contributed by atoms with Crippen LogP contribution < -0.4 is 0 Å². The van der Waals surface area contributed by atoms with Crippen LogP contribution in [0.5, 0.6) is 0 Å². The van der Waals surface area contributed by atoms with Crippen molar-refractivity contribution in [1.82, 2.24) is 0 Å². The van der Waals surface area contributed by atoms with Crippen molar-refractivity contribution in [3.8, 4) is 11.1 Å². The Hall–Kier alpha value is -2.08. The van der Waals surface area contributed by atoms with E-state index in [0.717, 1.165) is 11.1 Å². The van der Waals surface area contributed by atoms with Crippen LogP contribution in [0.4, 0.5) is 0 Å². The minimum Gasteiger partial charge on any atom is -0.381 e. The average Bonchev–Trinajstić information content (AvgIpc) is 2.40. The second-order valence-corrected chi connectivity index (χ2v) is 4.44. The van der Waals surface area contributed by atoms with E-state index < -0.39 is 5.60 Å². The molecular formula is C17H16O. The fraction of sp³-hybridized carbons (Fsp3) is 0.118. The van der Waals surface area contributed by atoms with Gasteiger partial charge < -0.3 is 5.11 Å². The highest BCUT2D eigenvalue weighted by Gasteiger charge is 2.18. The van der Waals surface area contributed by atoms with Gasteiger partial charge in [-0.25, -0.2) is 0 Å². The maximum Gasteiger partial charge on any atom is 0.112 e. The van der Waals surface area contributed by atoms with Crippen LogP contribution in [0.1, 0.15) is 12.5 Å². The Bertz CT molecular complexity index is 558. The highest BCUT2D eigenvalue weighted by Crippen LogP contribution is 2.25. The van der Waals surface area contributed by atoms with Crippen molar-refractivity contribution in [2.24, 2.45) is 0 Å². The molecule has 0 aliphatic carbocycles. The molecule has 0 unspecified atom stereocenters. The molecule has 90 valence electrons. The summed E-state index contributed by atoms with van der Waals surface area (Å²) in [6.07, 6.45) is 1.56. The lowest BCUT2D eigenvalue weighted by Crippen LogP contribution is -2.16. The van der Waals surface area contributed by atoms with Crippen LogP contribution in [0.15, 0.2) is 73.0 Å². The Morgan fingerprint density at radius 2 is 1.56 bits per heavy atom. The molecule has 0 fully saturated rings. The Morgan fingerprint density at radius 3 is 2.11 bits per heavy atom. The van der Waals surface area contributed by atoms with Crippen LogP contribution in [0, 0.1) is 0 Å². The van der Waals surface area contributed by atoms with Gasteiger partial charge in [-0.05, 0) is 29.7 Å². The summed E-state index contributed by atoms with van der Waals surface area (Å²) < 4.78 is 0. The first kappa shape index (κ1) is 12.4. The number of rotatable bonds is 3. The molecule has 18 heavy (non-hydrogen) atoms. The van der Waals surface area contributed by atoms with E-state index in [0.29, 0.717) is 0 Å². The van der Waals surface area contributed by atoms with Crippen LogP contribution in [0.25, 0.3) is 11.1 Å². The maximum atomic E-state index is 10.2. The summed E-state index contributed by atoms with van der Waals surface area (Å²) in [5, 5.41) is 10.2. The molecule has 0 aliphatic heterocycles. The minimum absolute atomic E-state index is 0.832. The maximum absolute atomic E-state index is 10.2. The van der Waals surface area contributed by atoms with Crippen molar-refractivity contribution < 1.29 is 5.11 Å². The Labute approximate surface area is 108 Å². The van der Waals surface area contributed by atoms with Crippen molar-refractivity contribution in [2.45, 2.75) is 12.5 Å². The smallest absolute Gasteiger partial charge is 0.112 e. The predicted molar refractivity (Wildman–Crippen MR) is 75.2 cm³/mol. The number of benzene rings is 2. The molecule has 0 amide bonds. The van der Waals surface area contributed by atoms with Crippen molar-refractivity contribution in [3.05, 3.63) is 78.5 Å². The molecule has 2 rings (SSSR count). The Balaban J connectivity index is 2.34. The van der Waals surface area contributed by atoms with Gasteiger partial charge in [-0.1, -0.05) is 61.2 Å². The van der Waals surface area contributed by atoms with Crippen LogP contribution >= 0.6 is 0 Å². The predicted octanol–water partition coefficient (Wildman–Crippen LogP) is 3.90. The monoisotopic (exact) mass is 236 g/mol. The van der Waals surface area contributed by atoms with Gasteiger partial charge in [0.05, 0.1) is 0 Å². The molecule has 0 bridgehead atoms. The summed E-state index contributed by atoms with van der Waals surface area (Å²) in [4.78, 5) is 0. The van der Waals surface area contributed by atoms with E-state index in [9.17, 15) is 5.11 Å². The lowest BCUT2D eigenvalue weighted by molar-refractivity contribution is 0.111. The fourth-order valence-corrected chi connectivity index (χ4v) is 1.91. The van der Waals surface area contributed by atoms with Gasteiger partial charge in [0.2, 0.25) is 0 Å². The summed E-state index contributed by atoms with van der Waals surface area (Å²) in [7, 11) is 0. The van der Waals surface area contributed by atoms with Crippen molar-refractivity contribution in [3.63, 3.8) is 0 Å². The number of hydrogen-bond donors (Lipinski definition) is 1. The Kier molecular flexibility index (Phi) is 3.47. The molecule has 1 nitrogen and oxygen atoms in total. The molecule has 0 heterocycles. The van der Waals surface area contributed by atoms with Gasteiger partial charge in [-0.3, -0.25) is 0 Å². The third-order valence-electron chi connectivity index (χ3n) is 2.96. The molecule has 0 aromatic heterocycles. The molecule has 0 aliphatic rings. The van der Waals surface area contributed by atoms with E-state index in [1.165, 1.54) is 5.56 Å². The van der Waals surface area contributed by atoms with E-state index in [4.69, 9.17) is 0 Å². The molecule has 2 aromatic rings. The standard InChI is InChI=1S/C17H16O/c1-3-13-17(2,18)16-11-9-15(10-12-16)14-7-5-4-6-8-14/h4-13,18H,1H2,2H3/t17-/m0/s1. The fourth-order valence-electron chi connectivity index (χ4n) is 1.91. The van der Waals surface area contributed by atoms with Crippen molar-refractivity contribution >= 4 is 0 Å². The Morgan fingerprint density at radius 1 is 1.00 bits per heavy atom. The van der Waals surface area contributed by atoms with Crippen LogP contribution in [0.3, 0.4) is 0 Å². The van der Waals surface area contributed by atoms with E-state index in [-0.39, 0.29) is 0 Å². The van der Waals surface area contributed by atoms with E-state index in [1.807, 2.05) is 42.5 Å². The minimum atomic E-state index is -1.02. The molecule has 2 aromatic carbocycles. The lowest BCUT2D eigenvalue weighted by Gasteiger charge is -2.18. The van der Waals surface area contributed by atoms with Crippen LogP contribution in [-0.4, -0.2) is 5.11 Å². The summed E-state index contributed by atoms with van der Waals surface area (Å²) in [5.41, 5.74) is 4.75. The summed E-state index contributed by atoms with van der Waals surface area (Å²) >= 11 is 0. The molecule has 1 heteroatoms. The first-order valence-electron chi connectivity index (χ1n) is 5.89. The molecular weight excluding hydrogens is 220 g/mol. The van der Waals surface area contributed by atoms with Gasteiger partial charge in [0, 0.05) is 0 Å². The van der Waals surface area contributed by atoms with Crippen molar-refractivity contribution in [2.75, 3.05) is 0 Å². The van der Waals surface area contributed by atoms with E-state index >= 15 is 0 Å². The largest absolute Gasteiger partial charge is 0.381 e. The van der Waals surface area contributed by atoms with Crippen LogP contribution in [-0.2, 0) is 5.60 Å². The van der Waals surface area contributed by atoms with Gasteiger partial charge in [0.15, 0.2) is 0 Å². The van der Waals surface area contributed by atoms with Crippen molar-refractivity contribution in [1.29, 1.82) is 0 Å². The molecule has 0 radical (unpaired) electrons. The molecule has 0 saturated heterocycles. The molecule has 1 N–H and O–H groups in total. The summed E-state index contributed by atoms with van der Waals surface area (Å²) in [6.45, 7) is 5.22. The zero-order valence-electron chi connectivity index (χ0n) is 10.4. The van der Waals surface area contributed by atoms with Gasteiger partial charge in [-0.2, -0.15) is 0 Å². The highest BCUT2D eigenvalue weighted by molar-refractivity contribution is 5.63. The molecule has 0 saturated carbocycles.